The molecular formula is C15H14BrClO4. The predicted molar refractivity (Wildman–Crippen MR) is 83.6 cm³/mol. The maximum Gasteiger partial charge on any atom is 0.229 e. The molecule has 2 rings (SSSR count). The van der Waals surface area contributed by atoms with Gasteiger partial charge in [0.15, 0.2) is 22.5 Å². The third kappa shape index (κ3) is 3.60. The highest BCUT2D eigenvalue weighted by atomic mass is 79.9. The molecule has 112 valence electrons. The molecule has 0 aliphatic carbocycles. The Morgan fingerprint density at radius 3 is 2.33 bits per heavy atom. The maximum atomic E-state index is 12.4. The van der Waals surface area contributed by atoms with Crippen LogP contribution >= 0.6 is 27.5 Å². The second kappa shape index (κ2) is 7.00. The van der Waals surface area contributed by atoms with Gasteiger partial charge >= 0.3 is 0 Å². The van der Waals surface area contributed by atoms with E-state index in [1.54, 1.807) is 12.1 Å². The van der Waals surface area contributed by atoms with Gasteiger partial charge < -0.3 is 13.9 Å². The summed E-state index contributed by atoms with van der Waals surface area (Å²) in [6, 6.07) is 6.41. The first kappa shape index (κ1) is 15.9. The molecule has 0 saturated carbocycles. The Labute approximate surface area is 136 Å². The molecule has 0 aliphatic rings. The minimum absolute atomic E-state index is 0.172. The van der Waals surface area contributed by atoms with E-state index in [0.717, 1.165) is 0 Å². The van der Waals surface area contributed by atoms with Crippen molar-refractivity contribution < 1.29 is 18.7 Å². The van der Waals surface area contributed by atoms with E-state index in [9.17, 15) is 4.79 Å². The van der Waals surface area contributed by atoms with Crippen LogP contribution in [0, 0.1) is 0 Å². The molecule has 0 atom stereocenters. The normalized spacial score (nSPS) is 10.5. The summed E-state index contributed by atoms with van der Waals surface area (Å²) in [6.07, 6.45) is 0. The molecule has 4 nitrogen and oxygen atoms in total. The topological polar surface area (TPSA) is 48.7 Å². The molecule has 0 N–H and O–H groups in total. The van der Waals surface area contributed by atoms with Gasteiger partial charge in [-0.2, -0.15) is 0 Å². The van der Waals surface area contributed by atoms with Crippen molar-refractivity contribution in [1.29, 1.82) is 0 Å². The number of rotatable bonds is 6. The summed E-state index contributed by atoms with van der Waals surface area (Å²) in [4.78, 5) is 12.4. The predicted octanol–water partition coefficient (Wildman–Crippen LogP) is 4.72. The fourth-order valence-corrected chi connectivity index (χ4v) is 2.46. The van der Waals surface area contributed by atoms with E-state index >= 15 is 0 Å². The zero-order chi connectivity index (χ0) is 15.4. The highest BCUT2D eigenvalue weighted by molar-refractivity contribution is 9.10. The highest BCUT2D eigenvalue weighted by Crippen LogP contribution is 2.35. The van der Waals surface area contributed by atoms with Crippen LogP contribution in [-0.4, -0.2) is 19.0 Å². The number of ether oxygens (including phenoxy) is 2. The summed E-state index contributed by atoms with van der Waals surface area (Å²) in [5.41, 5.74) is 0.424. The number of benzene rings is 1. The summed E-state index contributed by atoms with van der Waals surface area (Å²) in [5, 5.41) is 0.172. The maximum absolute atomic E-state index is 12.4. The van der Waals surface area contributed by atoms with E-state index < -0.39 is 0 Å². The number of carbonyl (C=O) groups excluding carboxylic acids is 1. The Kier molecular flexibility index (Phi) is 5.31. The lowest BCUT2D eigenvalue weighted by Crippen LogP contribution is -2.04. The van der Waals surface area contributed by atoms with Gasteiger partial charge in [0, 0.05) is 10.0 Å². The second-order valence-electron chi connectivity index (χ2n) is 4.08. The Morgan fingerprint density at radius 2 is 1.81 bits per heavy atom. The number of carbonyl (C=O) groups is 1. The fourth-order valence-electron chi connectivity index (χ4n) is 1.81. The average Bonchev–Trinajstić information content (AvgIpc) is 2.88. The van der Waals surface area contributed by atoms with Gasteiger partial charge in [-0.3, -0.25) is 4.79 Å². The molecule has 0 saturated heterocycles. The monoisotopic (exact) mass is 372 g/mol. The van der Waals surface area contributed by atoms with Gasteiger partial charge in [0.05, 0.1) is 13.2 Å². The molecule has 0 unspecified atom stereocenters. The Morgan fingerprint density at radius 1 is 1.19 bits per heavy atom. The Balaban J connectivity index is 2.43. The quantitative estimate of drug-likeness (QED) is 0.687. The molecule has 0 radical (unpaired) electrons. The molecule has 0 spiro atoms. The van der Waals surface area contributed by atoms with Crippen LogP contribution in [0.5, 0.6) is 11.5 Å². The number of furan rings is 1. The first-order chi connectivity index (χ1) is 10.1. The molecule has 1 heterocycles. The van der Waals surface area contributed by atoms with Gasteiger partial charge in [0.25, 0.3) is 0 Å². The summed E-state index contributed by atoms with van der Waals surface area (Å²) in [7, 11) is 0. The first-order valence-corrected chi connectivity index (χ1v) is 7.63. The average molecular weight is 374 g/mol. The van der Waals surface area contributed by atoms with Crippen LogP contribution in [0.4, 0.5) is 0 Å². The SMILES string of the molecule is CCOc1cc(Br)c(C(=O)c2ccc(Cl)o2)cc1OCC. The van der Waals surface area contributed by atoms with Gasteiger partial charge in [-0.15, -0.1) is 0 Å². The molecule has 0 bridgehead atoms. The third-order valence-electron chi connectivity index (χ3n) is 2.67. The summed E-state index contributed by atoms with van der Waals surface area (Å²) >= 11 is 9.08. The zero-order valence-electron chi connectivity index (χ0n) is 11.6. The standard InChI is InChI=1S/C15H14BrClO4/c1-3-19-12-7-9(10(16)8-13(12)20-4-2)15(18)11-5-6-14(17)21-11/h5-8H,3-4H2,1-2H3. The molecule has 0 amide bonds. The van der Waals surface area contributed by atoms with Gasteiger partial charge in [-0.25, -0.2) is 0 Å². The smallest absolute Gasteiger partial charge is 0.229 e. The number of hydrogen-bond donors (Lipinski definition) is 0. The highest BCUT2D eigenvalue weighted by Gasteiger charge is 2.20. The first-order valence-electron chi connectivity index (χ1n) is 6.46. The van der Waals surface area contributed by atoms with Crippen molar-refractivity contribution >= 4 is 33.3 Å². The van der Waals surface area contributed by atoms with Crippen LogP contribution in [0.15, 0.2) is 33.2 Å². The lowest BCUT2D eigenvalue weighted by molar-refractivity contribution is 0.101. The molecule has 1 aromatic heterocycles. The van der Waals surface area contributed by atoms with Crippen LogP contribution in [0.2, 0.25) is 5.22 Å². The second-order valence-corrected chi connectivity index (χ2v) is 5.30. The molecular weight excluding hydrogens is 360 g/mol. The molecule has 0 aliphatic heterocycles. The molecule has 6 heteroatoms. The van der Waals surface area contributed by atoms with Crippen LogP contribution in [0.25, 0.3) is 0 Å². The van der Waals surface area contributed by atoms with Gasteiger partial charge in [0.1, 0.15) is 0 Å². The fraction of sp³-hybridized carbons (Fsp3) is 0.267. The minimum Gasteiger partial charge on any atom is -0.490 e. The van der Waals surface area contributed by atoms with Gasteiger partial charge in [-0.1, -0.05) is 0 Å². The summed E-state index contributed by atoms with van der Waals surface area (Å²) in [6.45, 7) is 4.73. The Hall–Kier alpha value is -1.46. The zero-order valence-corrected chi connectivity index (χ0v) is 14.0. The van der Waals surface area contributed by atoms with Gasteiger partial charge in [-0.05, 0) is 65.6 Å². The third-order valence-corrected chi connectivity index (χ3v) is 3.53. The number of halogens is 2. The van der Waals surface area contributed by atoms with Crippen LogP contribution in [0.1, 0.15) is 30.0 Å². The Bertz CT molecular complexity index is 651. The van der Waals surface area contributed by atoms with Crippen molar-refractivity contribution in [3.63, 3.8) is 0 Å². The van der Waals surface area contributed by atoms with Gasteiger partial charge in [0.2, 0.25) is 5.78 Å². The van der Waals surface area contributed by atoms with Crippen LogP contribution < -0.4 is 9.47 Å². The molecule has 21 heavy (non-hydrogen) atoms. The minimum atomic E-state index is -0.280. The van der Waals surface area contributed by atoms with Crippen molar-refractivity contribution in [2.24, 2.45) is 0 Å². The number of ketones is 1. The van der Waals surface area contributed by atoms with Crippen LogP contribution in [-0.2, 0) is 0 Å². The van der Waals surface area contributed by atoms with Crippen molar-refractivity contribution in [3.8, 4) is 11.5 Å². The van der Waals surface area contributed by atoms with E-state index in [1.807, 2.05) is 13.8 Å². The lowest BCUT2D eigenvalue weighted by Gasteiger charge is -2.13. The summed E-state index contributed by atoms with van der Waals surface area (Å²) < 4.78 is 16.8. The van der Waals surface area contributed by atoms with Crippen molar-refractivity contribution in [2.45, 2.75) is 13.8 Å². The van der Waals surface area contributed by atoms with E-state index in [1.165, 1.54) is 12.1 Å². The van der Waals surface area contributed by atoms with E-state index in [4.69, 9.17) is 25.5 Å². The summed E-state index contributed by atoms with van der Waals surface area (Å²) in [5.74, 6) is 0.994. The van der Waals surface area contributed by atoms with E-state index in [-0.39, 0.29) is 16.8 Å². The van der Waals surface area contributed by atoms with E-state index in [2.05, 4.69) is 15.9 Å². The van der Waals surface area contributed by atoms with Crippen molar-refractivity contribution in [3.05, 3.63) is 45.3 Å². The lowest BCUT2D eigenvalue weighted by atomic mass is 10.1. The molecule has 0 fully saturated rings. The largest absolute Gasteiger partial charge is 0.490 e. The molecule has 2 aromatic rings. The number of hydrogen-bond acceptors (Lipinski definition) is 4. The van der Waals surface area contributed by atoms with Crippen molar-refractivity contribution in [1.82, 2.24) is 0 Å². The van der Waals surface area contributed by atoms with Crippen molar-refractivity contribution in [2.75, 3.05) is 13.2 Å². The molecule has 1 aromatic carbocycles. The van der Waals surface area contributed by atoms with Crippen LogP contribution in [0.3, 0.4) is 0 Å². The van der Waals surface area contributed by atoms with E-state index in [0.29, 0.717) is 34.7 Å².